The molecule has 1 aliphatic rings. The van der Waals surface area contributed by atoms with Crippen molar-refractivity contribution in [1.82, 2.24) is 10.3 Å². The van der Waals surface area contributed by atoms with Crippen molar-refractivity contribution in [3.63, 3.8) is 0 Å². The molecule has 1 aromatic rings. The first-order valence-electron chi connectivity index (χ1n) is 6.80. The molecule has 0 bridgehead atoms. The highest BCUT2D eigenvalue weighted by molar-refractivity contribution is 7.85. The lowest BCUT2D eigenvalue weighted by molar-refractivity contribution is 0.377. The van der Waals surface area contributed by atoms with Crippen LogP contribution in [0.3, 0.4) is 0 Å². The van der Waals surface area contributed by atoms with Crippen molar-refractivity contribution in [2.75, 3.05) is 5.75 Å². The summed E-state index contributed by atoms with van der Waals surface area (Å²) in [7, 11) is -0.680. The van der Waals surface area contributed by atoms with Crippen LogP contribution < -0.4 is 5.32 Å². The molecule has 1 fully saturated rings. The van der Waals surface area contributed by atoms with Crippen LogP contribution in [0.2, 0.25) is 0 Å². The number of pyridine rings is 1. The fourth-order valence-corrected chi connectivity index (χ4v) is 4.07. The number of nitrogens with zero attached hydrogens (tertiary/aromatic N) is 1. The first-order valence-corrected chi connectivity index (χ1v) is 8.19. The quantitative estimate of drug-likeness (QED) is 0.889. The van der Waals surface area contributed by atoms with E-state index in [-0.39, 0.29) is 0 Å². The Labute approximate surface area is 112 Å². The highest BCUT2D eigenvalue weighted by Gasteiger charge is 2.28. The first-order chi connectivity index (χ1) is 8.81. The molecule has 3 nitrogen and oxygen atoms in total. The van der Waals surface area contributed by atoms with Gasteiger partial charge in [-0.05, 0) is 24.5 Å². The SMILES string of the molecule is CC[S@](=O)[C@H]1CCCC[C@H]1NCc1cccnc1. The van der Waals surface area contributed by atoms with E-state index in [1.54, 1.807) is 6.20 Å². The number of hydrogen-bond acceptors (Lipinski definition) is 3. The molecule has 0 aromatic carbocycles. The minimum Gasteiger partial charge on any atom is -0.309 e. The average molecular weight is 266 g/mol. The minimum atomic E-state index is -0.680. The largest absolute Gasteiger partial charge is 0.309 e. The third kappa shape index (κ3) is 3.62. The van der Waals surface area contributed by atoms with E-state index < -0.39 is 10.8 Å². The first kappa shape index (κ1) is 13.7. The highest BCUT2D eigenvalue weighted by Crippen LogP contribution is 2.23. The maximum Gasteiger partial charge on any atom is 0.0501 e. The van der Waals surface area contributed by atoms with E-state index in [2.05, 4.69) is 16.4 Å². The zero-order valence-corrected chi connectivity index (χ0v) is 11.8. The zero-order chi connectivity index (χ0) is 12.8. The van der Waals surface area contributed by atoms with Crippen molar-refractivity contribution in [3.05, 3.63) is 30.1 Å². The van der Waals surface area contributed by atoms with Gasteiger partial charge in [0.25, 0.3) is 0 Å². The van der Waals surface area contributed by atoms with Crippen molar-refractivity contribution in [3.8, 4) is 0 Å². The summed E-state index contributed by atoms with van der Waals surface area (Å²) in [6.07, 6.45) is 8.41. The van der Waals surface area contributed by atoms with Gasteiger partial charge in [-0.2, -0.15) is 0 Å². The van der Waals surface area contributed by atoms with Gasteiger partial charge in [0.2, 0.25) is 0 Å². The molecule has 0 aliphatic heterocycles. The van der Waals surface area contributed by atoms with Gasteiger partial charge in [-0.3, -0.25) is 9.19 Å². The third-order valence-electron chi connectivity index (χ3n) is 3.62. The fraction of sp³-hybridized carbons (Fsp3) is 0.643. The Bertz CT molecular complexity index is 383. The van der Waals surface area contributed by atoms with Crippen molar-refractivity contribution < 1.29 is 4.21 Å². The summed E-state index contributed by atoms with van der Waals surface area (Å²) in [5, 5.41) is 3.90. The molecule has 0 unspecified atom stereocenters. The minimum absolute atomic E-state index is 0.334. The predicted octanol–water partition coefficient (Wildman–Crippen LogP) is 2.25. The van der Waals surface area contributed by atoms with Gasteiger partial charge >= 0.3 is 0 Å². The van der Waals surface area contributed by atoms with Gasteiger partial charge in [-0.25, -0.2) is 0 Å². The summed E-state index contributed by atoms with van der Waals surface area (Å²) in [6.45, 7) is 2.85. The van der Waals surface area contributed by atoms with Gasteiger partial charge < -0.3 is 5.32 Å². The van der Waals surface area contributed by atoms with Gasteiger partial charge in [0.05, 0.1) is 5.25 Å². The monoisotopic (exact) mass is 266 g/mol. The van der Waals surface area contributed by atoms with E-state index in [0.29, 0.717) is 11.3 Å². The molecule has 1 aliphatic carbocycles. The van der Waals surface area contributed by atoms with Crippen molar-refractivity contribution in [2.45, 2.75) is 50.4 Å². The Balaban J connectivity index is 1.91. The zero-order valence-electron chi connectivity index (χ0n) is 11.0. The van der Waals surface area contributed by atoms with Gasteiger partial charge in [-0.1, -0.05) is 25.8 Å². The Morgan fingerprint density at radius 1 is 1.44 bits per heavy atom. The molecule has 0 amide bonds. The molecular formula is C14H22N2OS. The molecule has 0 spiro atoms. The molecule has 18 heavy (non-hydrogen) atoms. The van der Waals surface area contributed by atoms with Gasteiger partial charge in [-0.15, -0.1) is 0 Å². The molecule has 1 heterocycles. The van der Waals surface area contributed by atoms with E-state index in [1.165, 1.54) is 18.4 Å². The predicted molar refractivity (Wildman–Crippen MR) is 75.8 cm³/mol. The standard InChI is InChI=1S/C14H22N2OS/c1-2-18(17)14-8-4-3-7-13(14)16-11-12-6-5-9-15-10-12/h5-6,9-10,13-14,16H,2-4,7-8,11H2,1H3/t13-,14+,18+/m1/s1. The summed E-state index contributed by atoms with van der Waals surface area (Å²) < 4.78 is 12.0. The normalized spacial score (nSPS) is 25.8. The summed E-state index contributed by atoms with van der Waals surface area (Å²) in [4.78, 5) is 4.12. The number of rotatable bonds is 5. The van der Waals surface area contributed by atoms with Crippen LogP contribution in [0.5, 0.6) is 0 Å². The van der Waals surface area contributed by atoms with E-state index in [0.717, 1.165) is 25.1 Å². The van der Waals surface area contributed by atoms with Crippen LogP contribution >= 0.6 is 0 Å². The molecule has 100 valence electrons. The lowest BCUT2D eigenvalue weighted by Crippen LogP contribution is -2.44. The molecule has 1 aromatic heterocycles. The molecule has 1 saturated carbocycles. The van der Waals surface area contributed by atoms with Crippen LogP contribution in [0.25, 0.3) is 0 Å². The molecule has 1 N–H and O–H groups in total. The Morgan fingerprint density at radius 2 is 2.28 bits per heavy atom. The highest BCUT2D eigenvalue weighted by atomic mass is 32.2. The van der Waals surface area contributed by atoms with Gasteiger partial charge in [0, 0.05) is 41.5 Å². The second-order valence-corrected chi connectivity index (χ2v) is 6.79. The number of nitrogens with one attached hydrogen (secondary N) is 1. The van der Waals surface area contributed by atoms with Crippen molar-refractivity contribution in [1.29, 1.82) is 0 Å². The molecule has 4 heteroatoms. The van der Waals surface area contributed by atoms with Crippen LogP contribution in [0.4, 0.5) is 0 Å². The van der Waals surface area contributed by atoms with Crippen LogP contribution in [-0.2, 0) is 17.3 Å². The summed E-state index contributed by atoms with van der Waals surface area (Å²) in [5.41, 5.74) is 1.20. The van der Waals surface area contributed by atoms with E-state index in [9.17, 15) is 4.21 Å². The summed E-state index contributed by atoms with van der Waals surface area (Å²) in [5.74, 6) is 0.774. The summed E-state index contributed by atoms with van der Waals surface area (Å²) >= 11 is 0. The number of hydrogen-bond donors (Lipinski definition) is 1. The van der Waals surface area contributed by atoms with E-state index in [1.807, 2.05) is 19.2 Å². The van der Waals surface area contributed by atoms with E-state index >= 15 is 0 Å². The lowest BCUT2D eigenvalue weighted by atomic mass is 9.94. The van der Waals surface area contributed by atoms with Crippen LogP contribution in [0.15, 0.2) is 24.5 Å². The topological polar surface area (TPSA) is 42.0 Å². The smallest absolute Gasteiger partial charge is 0.0501 e. The Morgan fingerprint density at radius 3 is 3.00 bits per heavy atom. The maximum absolute atomic E-state index is 12.0. The molecule has 0 radical (unpaired) electrons. The van der Waals surface area contributed by atoms with Gasteiger partial charge in [0.15, 0.2) is 0 Å². The second kappa shape index (κ2) is 7.00. The third-order valence-corrected chi connectivity index (χ3v) is 5.42. The average Bonchev–Trinajstić information content (AvgIpc) is 2.45. The molecule has 3 atom stereocenters. The Hall–Kier alpha value is -0.740. The van der Waals surface area contributed by atoms with E-state index in [4.69, 9.17) is 0 Å². The Kier molecular flexibility index (Phi) is 5.32. The van der Waals surface area contributed by atoms with Crippen LogP contribution in [0, 0.1) is 0 Å². The summed E-state index contributed by atoms with van der Waals surface area (Å²) in [6, 6.07) is 4.44. The second-order valence-electron chi connectivity index (χ2n) is 4.84. The van der Waals surface area contributed by atoms with Crippen LogP contribution in [-0.4, -0.2) is 26.2 Å². The maximum atomic E-state index is 12.0. The van der Waals surface area contributed by atoms with Gasteiger partial charge in [0.1, 0.15) is 0 Å². The van der Waals surface area contributed by atoms with Crippen LogP contribution in [0.1, 0.15) is 38.2 Å². The fourth-order valence-electron chi connectivity index (χ4n) is 2.61. The molecule has 0 saturated heterocycles. The molecular weight excluding hydrogens is 244 g/mol. The van der Waals surface area contributed by atoms with Crippen molar-refractivity contribution >= 4 is 10.8 Å². The number of aromatic nitrogens is 1. The molecule has 2 rings (SSSR count). The van der Waals surface area contributed by atoms with Crippen molar-refractivity contribution in [2.24, 2.45) is 0 Å². The lowest BCUT2D eigenvalue weighted by Gasteiger charge is -2.31.